The second-order valence-corrected chi connectivity index (χ2v) is 6.84. The van der Waals surface area contributed by atoms with E-state index in [1.54, 1.807) is 6.07 Å². The Balaban J connectivity index is 2.31. The van der Waals surface area contributed by atoms with Crippen LogP contribution >= 0.6 is 0 Å². The summed E-state index contributed by atoms with van der Waals surface area (Å²) in [5.74, 6) is -0.138. The lowest BCUT2D eigenvalue weighted by Crippen LogP contribution is -2.11. The molecule has 0 spiro atoms. The molecule has 1 aromatic rings. The number of anilines is 1. The van der Waals surface area contributed by atoms with E-state index < -0.39 is 10.1 Å². The van der Waals surface area contributed by atoms with Gasteiger partial charge in [0.2, 0.25) is 5.91 Å². The lowest BCUT2D eigenvalue weighted by Gasteiger charge is -2.06. The number of rotatable bonds is 10. The highest BCUT2D eigenvalue weighted by Gasteiger charge is 2.10. The number of unbranched alkanes of at least 4 members (excludes halogenated alkanes) is 6. The van der Waals surface area contributed by atoms with Gasteiger partial charge in [-0.1, -0.05) is 51.5 Å². The first-order valence-corrected chi connectivity index (χ1v) is 9.25. The smallest absolute Gasteiger partial charge is 0.294 e. The van der Waals surface area contributed by atoms with E-state index in [0.29, 0.717) is 12.1 Å². The van der Waals surface area contributed by atoms with Crippen LogP contribution in [0.15, 0.2) is 29.2 Å². The molecule has 0 radical (unpaired) electrons. The zero-order chi connectivity index (χ0) is 16.4. The first-order valence-electron chi connectivity index (χ1n) is 7.81. The Hall–Kier alpha value is -1.40. The summed E-state index contributed by atoms with van der Waals surface area (Å²) in [6, 6.07) is 5.60. The molecule has 5 nitrogen and oxygen atoms in total. The summed E-state index contributed by atoms with van der Waals surface area (Å²) in [6.07, 6.45) is 8.39. The van der Waals surface area contributed by atoms with Crippen molar-refractivity contribution in [2.75, 3.05) is 5.32 Å². The van der Waals surface area contributed by atoms with E-state index in [-0.39, 0.29) is 10.8 Å². The van der Waals surface area contributed by atoms with Crippen molar-refractivity contribution in [2.24, 2.45) is 0 Å². The Labute approximate surface area is 132 Å². The third kappa shape index (κ3) is 7.56. The average molecular weight is 327 g/mol. The minimum absolute atomic E-state index is 0.138. The van der Waals surface area contributed by atoms with Gasteiger partial charge < -0.3 is 5.32 Å². The highest BCUT2D eigenvalue weighted by molar-refractivity contribution is 7.85. The first kappa shape index (κ1) is 18.6. The van der Waals surface area contributed by atoms with Crippen LogP contribution in [0.5, 0.6) is 0 Å². The largest absolute Gasteiger partial charge is 0.326 e. The third-order valence-corrected chi connectivity index (χ3v) is 4.27. The molecular formula is C16H25NO4S. The molecule has 1 aromatic carbocycles. The molecule has 2 N–H and O–H groups in total. The maximum atomic E-state index is 11.8. The summed E-state index contributed by atoms with van der Waals surface area (Å²) in [6.45, 7) is 2.18. The van der Waals surface area contributed by atoms with Crippen molar-refractivity contribution in [3.63, 3.8) is 0 Å². The van der Waals surface area contributed by atoms with Gasteiger partial charge in [0.25, 0.3) is 10.1 Å². The van der Waals surface area contributed by atoms with Gasteiger partial charge in [-0.2, -0.15) is 8.42 Å². The van der Waals surface area contributed by atoms with Crippen LogP contribution in [0.2, 0.25) is 0 Å². The van der Waals surface area contributed by atoms with Crippen LogP contribution in [-0.2, 0) is 14.9 Å². The van der Waals surface area contributed by atoms with Crippen LogP contribution in [0.25, 0.3) is 0 Å². The van der Waals surface area contributed by atoms with Gasteiger partial charge in [0.05, 0.1) is 4.90 Å². The molecule has 0 aliphatic rings. The molecule has 124 valence electrons. The van der Waals surface area contributed by atoms with Gasteiger partial charge in [0.15, 0.2) is 0 Å². The normalized spacial score (nSPS) is 11.4. The molecule has 0 heterocycles. The topological polar surface area (TPSA) is 83.5 Å². The lowest BCUT2D eigenvalue weighted by atomic mass is 10.1. The molecule has 0 aliphatic carbocycles. The summed E-state index contributed by atoms with van der Waals surface area (Å²) < 4.78 is 31.0. The summed E-state index contributed by atoms with van der Waals surface area (Å²) in [5, 5.41) is 2.65. The number of amides is 1. The minimum Gasteiger partial charge on any atom is -0.326 e. The molecule has 22 heavy (non-hydrogen) atoms. The number of hydrogen-bond donors (Lipinski definition) is 2. The third-order valence-electron chi connectivity index (χ3n) is 3.42. The van der Waals surface area contributed by atoms with Gasteiger partial charge in [0, 0.05) is 12.1 Å². The van der Waals surface area contributed by atoms with E-state index in [4.69, 9.17) is 4.55 Å². The first-order chi connectivity index (χ1) is 10.4. The lowest BCUT2D eigenvalue weighted by molar-refractivity contribution is -0.116. The number of nitrogens with one attached hydrogen (secondary N) is 1. The van der Waals surface area contributed by atoms with Crippen molar-refractivity contribution < 1.29 is 17.8 Å². The van der Waals surface area contributed by atoms with Crippen molar-refractivity contribution in [1.29, 1.82) is 0 Å². The van der Waals surface area contributed by atoms with Gasteiger partial charge in [-0.25, -0.2) is 0 Å². The van der Waals surface area contributed by atoms with Crippen LogP contribution in [0.4, 0.5) is 5.69 Å². The van der Waals surface area contributed by atoms with E-state index >= 15 is 0 Å². The van der Waals surface area contributed by atoms with Crippen molar-refractivity contribution in [2.45, 2.75) is 63.2 Å². The molecule has 0 fully saturated rings. The molecule has 0 aliphatic heterocycles. The van der Waals surface area contributed by atoms with Crippen LogP contribution in [-0.4, -0.2) is 18.9 Å². The second-order valence-electron chi connectivity index (χ2n) is 5.42. The predicted octanol–water partition coefficient (Wildman–Crippen LogP) is 4.01. The standard InChI is InChI=1S/C16H25NO4S/c1-2-3-4-5-6-7-8-12-16(18)17-14-10-9-11-15(13-14)22(19,20)21/h9-11,13H,2-8,12H2,1H3,(H,17,18)(H,19,20,21). The number of carbonyl (C=O) groups is 1. The zero-order valence-electron chi connectivity index (χ0n) is 13.0. The molecule has 0 saturated heterocycles. The molecular weight excluding hydrogens is 302 g/mol. The Morgan fingerprint density at radius 3 is 2.36 bits per heavy atom. The van der Waals surface area contributed by atoms with Gasteiger partial charge in [0.1, 0.15) is 0 Å². The quantitative estimate of drug-likeness (QED) is 0.502. The van der Waals surface area contributed by atoms with Crippen LogP contribution < -0.4 is 5.32 Å². The van der Waals surface area contributed by atoms with E-state index in [2.05, 4.69) is 12.2 Å². The van der Waals surface area contributed by atoms with Gasteiger partial charge >= 0.3 is 0 Å². The molecule has 1 rings (SSSR count). The summed E-state index contributed by atoms with van der Waals surface area (Å²) in [4.78, 5) is 11.6. The molecule has 0 aromatic heterocycles. The number of benzene rings is 1. The van der Waals surface area contributed by atoms with E-state index in [0.717, 1.165) is 19.3 Å². The Bertz CT molecular complexity index is 569. The molecule has 0 atom stereocenters. The SMILES string of the molecule is CCCCCCCCCC(=O)Nc1cccc(S(=O)(=O)O)c1. The van der Waals surface area contributed by atoms with Crippen molar-refractivity contribution in [3.05, 3.63) is 24.3 Å². The van der Waals surface area contributed by atoms with Crippen molar-refractivity contribution in [1.82, 2.24) is 0 Å². The molecule has 0 bridgehead atoms. The van der Waals surface area contributed by atoms with Gasteiger partial charge in [-0.15, -0.1) is 0 Å². The fourth-order valence-corrected chi connectivity index (χ4v) is 2.73. The van der Waals surface area contributed by atoms with Crippen molar-refractivity contribution >= 4 is 21.7 Å². The van der Waals surface area contributed by atoms with E-state index in [1.165, 1.54) is 43.9 Å². The predicted molar refractivity (Wildman–Crippen MR) is 87.5 cm³/mol. The van der Waals surface area contributed by atoms with Gasteiger partial charge in [-0.05, 0) is 24.6 Å². The zero-order valence-corrected chi connectivity index (χ0v) is 13.9. The highest BCUT2D eigenvalue weighted by atomic mass is 32.2. The molecule has 1 amide bonds. The highest BCUT2D eigenvalue weighted by Crippen LogP contribution is 2.16. The van der Waals surface area contributed by atoms with E-state index in [1.807, 2.05) is 0 Å². The van der Waals surface area contributed by atoms with E-state index in [9.17, 15) is 13.2 Å². The van der Waals surface area contributed by atoms with Crippen LogP contribution in [0.3, 0.4) is 0 Å². The minimum atomic E-state index is -4.24. The number of carbonyl (C=O) groups excluding carboxylic acids is 1. The van der Waals surface area contributed by atoms with Crippen LogP contribution in [0, 0.1) is 0 Å². The maximum absolute atomic E-state index is 11.8. The Morgan fingerprint density at radius 1 is 1.09 bits per heavy atom. The fraction of sp³-hybridized carbons (Fsp3) is 0.562. The molecule has 6 heteroatoms. The maximum Gasteiger partial charge on any atom is 0.294 e. The number of hydrogen-bond acceptors (Lipinski definition) is 3. The molecule has 0 saturated carbocycles. The summed E-state index contributed by atoms with van der Waals surface area (Å²) in [7, 11) is -4.24. The average Bonchev–Trinajstić information content (AvgIpc) is 2.46. The van der Waals surface area contributed by atoms with Gasteiger partial charge in [-0.3, -0.25) is 9.35 Å². The summed E-state index contributed by atoms with van der Waals surface area (Å²) >= 11 is 0. The Kier molecular flexibility index (Phi) is 8.12. The monoisotopic (exact) mass is 327 g/mol. The van der Waals surface area contributed by atoms with Crippen molar-refractivity contribution in [3.8, 4) is 0 Å². The second kappa shape index (κ2) is 9.58. The molecule has 0 unspecified atom stereocenters. The summed E-state index contributed by atoms with van der Waals surface area (Å²) in [5.41, 5.74) is 0.378. The Morgan fingerprint density at radius 2 is 1.73 bits per heavy atom. The fourth-order valence-electron chi connectivity index (χ4n) is 2.20. The van der Waals surface area contributed by atoms with Crippen LogP contribution in [0.1, 0.15) is 58.3 Å².